The van der Waals surface area contributed by atoms with E-state index in [1.807, 2.05) is 84.9 Å². The van der Waals surface area contributed by atoms with Crippen LogP contribution >= 0.6 is 0 Å². The van der Waals surface area contributed by atoms with E-state index in [0.717, 1.165) is 28.8 Å². The summed E-state index contributed by atoms with van der Waals surface area (Å²) in [6.45, 7) is 4.68. The molecule has 0 saturated heterocycles. The molecule has 3 rings (SSSR count). The van der Waals surface area contributed by atoms with Gasteiger partial charge in [-0.2, -0.15) is 0 Å². The van der Waals surface area contributed by atoms with E-state index >= 15 is 0 Å². The summed E-state index contributed by atoms with van der Waals surface area (Å²) in [5, 5.41) is 11.6. The van der Waals surface area contributed by atoms with Crippen LogP contribution < -0.4 is 15.1 Å². The fraction of sp³-hybridized carbons (Fsp3) is 0.333. The molecule has 0 radical (unpaired) electrons. The topological polar surface area (TPSA) is 58.9 Å². The summed E-state index contributed by atoms with van der Waals surface area (Å²) in [4.78, 5) is 12.2. The van der Waals surface area contributed by atoms with Crippen LogP contribution in [0.1, 0.15) is 38.4 Å². The molecule has 0 amide bonds. The predicted molar refractivity (Wildman–Crippen MR) is 132 cm³/mol. The van der Waals surface area contributed by atoms with Crippen LogP contribution in [0.5, 0.6) is 5.75 Å². The molecule has 3 aromatic rings. The molecule has 0 aliphatic heterocycles. The molecule has 0 aliphatic carbocycles. The van der Waals surface area contributed by atoms with E-state index in [9.17, 15) is 9.90 Å². The first-order valence-electron chi connectivity index (χ1n) is 11.1. The first-order chi connectivity index (χ1) is 15.4. The lowest BCUT2D eigenvalue weighted by Crippen LogP contribution is -2.65. The molecule has 1 atom stereocenters. The Hall–Kier alpha value is -2.44. The Labute approximate surface area is 192 Å². The second kappa shape index (κ2) is 10.9. The normalized spacial score (nSPS) is 13.0. The Balaban J connectivity index is 1.73. The molecular weight excluding hydrogens is 416 g/mol. The average molecular weight is 451 g/mol. The molecular formula is C27H34O4Si. The third-order valence-corrected chi connectivity index (χ3v) is 10.8. The van der Waals surface area contributed by atoms with Crippen molar-refractivity contribution in [1.82, 2.24) is 0 Å². The van der Waals surface area contributed by atoms with Gasteiger partial charge in [-0.05, 0) is 34.3 Å². The predicted octanol–water partition coefficient (Wildman–Crippen LogP) is 4.06. The fourth-order valence-electron chi connectivity index (χ4n) is 4.40. The Bertz CT molecular complexity index is 920. The Morgan fingerprint density at radius 1 is 0.844 bits per heavy atom. The minimum atomic E-state index is -3.02. The van der Waals surface area contributed by atoms with E-state index in [4.69, 9.17) is 9.47 Å². The van der Waals surface area contributed by atoms with Gasteiger partial charge in [0, 0.05) is 12.2 Å². The third kappa shape index (κ3) is 5.13. The lowest BCUT2D eigenvalue weighted by Gasteiger charge is -2.41. The molecule has 3 aromatic carbocycles. The zero-order valence-electron chi connectivity index (χ0n) is 19.2. The number of hydrogen-bond acceptors (Lipinski definition) is 4. The van der Waals surface area contributed by atoms with Gasteiger partial charge in [-0.25, -0.2) is 0 Å². The highest BCUT2D eigenvalue weighted by Crippen LogP contribution is 2.40. The lowest BCUT2D eigenvalue weighted by atomic mass is 10.1. The van der Waals surface area contributed by atoms with Crippen molar-refractivity contribution in [3.63, 3.8) is 0 Å². The zero-order valence-corrected chi connectivity index (χ0v) is 20.2. The third-order valence-electron chi connectivity index (χ3n) is 6.28. The summed E-state index contributed by atoms with van der Waals surface area (Å²) in [5.41, 5.74) is 0.844. The Morgan fingerprint density at radius 2 is 1.38 bits per heavy atom. The van der Waals surface area contributed by atoms with Gasteiger partial charge in [0.1, 0.15) is 11.9 Å². The summed E-state index contributed by atoms with van der Waals surface area (Å²) in [6.07, 6.45) is 1.13. The Kier molecular flexibility index (Phi) is 8.26. The average Bonchev–Trinajstić information content (AvgIpc) is 2.84. The minimum Gasteiger partial charge on any atom is -0.496 e. The maximum atomic E-state index is 12.2. The number of rotatable bonds is 11. The molecule has 0 heterocycles. The van der Waals surface area contributed by atoms with Gasteiger partial charge >= 0.3 is 0 Å². The molecule has 170 valence electrons. The molecule has 5 heteroatoms. The van der Waals surface area contributed by atoms with Gasteiger partial charge in [0.05, 0.1) is 13.7 Å². The molecule has 0 aromatic heterocycles. The van der Waals surface area contributed by atoms with Gasteiger partial charge in [-0.1, -0.05) is 92.7 Å². The molecule has 0 fully saturated rings. The molecule has 0 saturated carbocycles. The summed E-state index contributed by atoms with van der Waals surface area (Å²) in [7, 11) is -1.40. The largest absolute Gasteiger partial charge is 0.496 e. The Morgan fingerprint density at radius 3 is 1.91 bits per heavy atom. The smallest absolute Gasteiger partial charge is 0.258 e. The number of methoxy groups -OCH3 is 1. The van der Waals surface area contributed by atoms with Crippen LogP contribution in [0.2, 0.25) is 5.04 Å². The lowest BCUT2D eigenvalue weighted by molar-refractivity contribution is 0.00786. The van der Waals surface area contributed by atoms with Gasteiger partial charge in [0.25, 0.3) is 8.32 Å². The number of hydrogen-bond donors (Lipinski definition) is 2. The number of ether oxygens (including phenoxy) is 2. The monoisotopic (exact) mass is 450 g/mol. The number of aliphatic hydroxyl groups excluding tert-OH is 1. The first kappa shape index (κ1) is 24.2. The van der Waals surface area contributed by atoms with Crippen LogP contribution in [0.25, 0.3) is 0 Å². The maximum Gasteiger partial charge on any atom is 0.258 e. The van der Waals surface area contributed by atoms with Crippen LogP contribution in [-0.4, -0.2) is 38.5 Å². The van der Waals surface area contributed by atoms with Crippen LogP contribution in [0.15, 0.2) is 84.9 Å². The van der Waals surface area contributed by atoms with E-state index in [1.165, 1.54) is 0 Å². The van der Waals surface area contributed by atoms with Crippen molar-refractivity contribution in [2.45, 2.75) is 37.8 Å². The van der Waals surface area contributed by atoms with Crippen molar-refractivity contribution < 1.29 is 19.4 Å². The molecule has 1 unspecified atom stereocenters. The van der Waals surface area contributed by atoms with Gasteiger partial charge in [0.2, 0.25) is 0 Å². The van der Waals surface area contributed by atoms with Crippen LogP contribution in [0.3, 0.4) is 0 Å². The van der Waals surface area contributed by atoms with Gasteiger partial charge in [0.15, 0.2) is 0 Å². The standard InChI is InChI=1S/C27H34O4Si/c1-27(2,19-12-20-31-26(21-28)24-17-10-11-18-25(24)30-3)32(29,22-13-6-4-7-14-22)23-15-8-5-9-16-23/h4-11,13-18,26,28-29H,12,19-21H2,1-3H3. The van der Waals surface area contributed by atoms with E-state index in [0.29, 0.717) is 12.4 Å². The zero-order chi connectivity index (χ0) is 23.0. The van der Waals surface area contributed by atoms with Crippen molar-refractivity contribution in [1.29, 1.82) is 0 Å². The van der Waals surface area contributed by atoms with Crippen LogP contribution in [0, 0.1) is 0 Å². The summed E-state index contributed by atoms with van der Waals surface area (Å²) < 4.78 is 11.5. The van der Waals surface area contributed by atoms with Crippen molar-refractivity contribution in [2.24, 2.45) is 0 Å². The molecule has 32 heavy (non-hydrogen) atoms. The maximum absolute atomic E-state index is 12.2. The highest BCUT2D eigenvalue weighted by molar-refractivity contribution is 6.98. The second-order valence-corrected chi connectivity index (χ2v) is 12.6. The van der Waals surface area contributed by atoms with Crippen LogP contribution in [-0.2, 0) is 4.74 Å². The van der Waals surface area contributed by atoms with Crippen molar-refractivity contribution in [3.8, 4) is 5.75 Å². The second-order valence-electron chi connectivity index (χ2n) is 8.71. The van der Waals surface area contributed by atoms with Gasteiger partial charge in [-0.15, -0.1) is 0 Å². The van der Waals surface area contributed by atoms with Gasteiger partial charge in [-0.3, -0.25) is 0 Å². The summed E-state index contributed by atoms with van der Waals surface area (Å²) in [6, 6.07) is 27.7. The van der Waals surface area contributed by atoms with Crippen LogP contribution in [0.4, 0.5) is 0 Å². The SMILES string of the molecule is COc1ccccc1C(CO)OCCCC(C)(C)[Si](O)(c1ccccc1)c1ccccc1. The molecule has 4 nitrogen and oxygen atoms in total. The molecule has 0 spiro atoms. The van der Waals surface area contributed by atoms with E-state index in [2.05, 4.69) is 13.8 Å². The highest BCUT2D eigenvalue weighted by atomic mass is 28.4. The van der Waals surface area contributed by atoms with Gasteiger partial charge < -0.3 is 19.4 Å². The number of benzene rings is 3. The molecule has 0 bridgehead atoms. The molecule has 0 aliphatic rings. The van der Waals surface area contributed by atoms with E-state index < -0.39 is 14.4 Å². The van der Waals surface area contributed by atoms with Crippen molar-refractivity contribution >= 4 is 18.7 Å². The highest BCUT2D eigenvalue weighted by Gasteiger charge is 2.49. The van der Waals surface area contributed by atoms with E-state index in [-0.39, 0.29) is 11.6 Å². The van der Waals surface area contributed by atoms with E-state index in [1.54, 1.807) is 7.11 Å². The fourth-order valence-corrected chi connectivity index (χ4v) is 8.19. The quantitative estimate of drug-likeness (QED) is 0.342. The minimum absolute atomic E-state index is 0.115. The van der Waals surface area contributed by atoms with Crippen molar-refractivity contribution in [3.05, 3.63) is 90.5 Å². The summed E-state index contributed by atoms with van der Waals surface area (Å²) >= 11 is 0. The van der Waals surface area contributed by atoms with Crippen molar-refractivity contribution in [2.75, 3.05) is 20.3 Å². The summed E-state index contributed by atoms with van der Waals surface area (Å²) in [5.74, 6) is 0.710. The number of para-hydroxylation sites is 1. The molecule has 2 N–H and O–H groups in total. The first-order valence-corrected chi connectivity index (χ1v) is 13.1. The number of aliphatic hydroxyl groups is 1.